The molecule has 0 amide bonds. The van der Waals surface area contributed by atoms with Gasteiger partial charge in [0.15, 0.2) is 0 Å². The summed E-state index contributed by atoms with van der Waals surface area (Å²) in [6.45, 7) is 1.47. The highest BCUT2D eigenvalue weighted by molar-refractivity contribution is 6.34. The second kappa shape index (κ2) is 3.79. The molecular weight excluding hydrogens is 213 g/mol. The third-order valence-electron chi connectivity index (χ3n) is 1.62. The number of pyridine rings is 1. The van der Waals surface area contributed by atoms with Crippen LogP contribution in [0.25, 0.3) is 0 Å². The van der Waals surface area contributed by atoms with Gasteiger partial charge in [-0.3, -0.25) is 0 Å². The molecule has 0 fully saturated rings. The van der Waals surface area contributed by atoms with E-state index in [1.165, 1.54) is 14.0 Å². The van der Waals surface area contributed by atoms with E-state index in [2.05, 4.69) is 9.72 Å². The largest absolute Gasteiger partial charge is 0.479 e. The van der Waals surface area contributed by atoms with E-state index in [9.17, 15) is 9.18 Å². The molecule has 0 aromatic carbocycles. The molecule has 1 aromatic rings. The second-order valence-electron chi connectivity index (χ2n) is 2.51. The number of halogens is 2. The number of aryl methyl sites for hydroxylation is 1. The van der Waals surface area contributed by atoms with Crippen LogP contribution in [0, 0.1) is 12.7 Å². The molecule has 0 radical (unpaired) electrons. The number of carbonyl (C=O) groups is 1. The maximum absolute atomic E-state index is 13.3. The summed E-state index contributed by atoms with van der Waals surface area (Å²) in [5.74, 6) is -2.88. The maximum Gasteiger partial charge on any atom is 0.340 e. The minimum atomic E-state index is -1.45. The third-order valence-corrected chi connectivity index (χ3v) is 2.08. The lowest BCUT2D eigenvalue weighted by atomic mass is 10.2. The molecule has 1 heterocycles. The maximum atomic E-state index is 13.3. The minimum absolute atomic E-state index is 0.210. The lowest BCUT2D eigenvalue weighted by Gasteiger charge is -2.07. The van der Waals surface area contributed by atoms with Gasteiger partial charge >= 0.3 is 5.97 Å². The summed E-state index contributed by atoms with van der Waals surface area (Å²) in [5, 5.41) is 8.47. The van der Waals surface area contributed by atoms with Gasteiger partial charge in [-0.25, -0.2) is 9.78 Å². The monoisotopic (exact) mass is 219 g/mol. The summed E-state index contributed by atoms with van der Waals surface area (Å²) < 4.78 is 17.9. The number of ether oxygens (including phenoxy) is 1. The molecule has 0 unspecified atom stereocenters. The van der Waals surface area contributed by atoms with E-state index in [1.807, 2.05) is 0 Å². The van der Waals surface area contributed by atoms with Crippen LogP contribution in [0.4, 0.5) is 4.39 Å². The van der Waals surface area contributed by atoms with Crippen molar-refractivity contribution in [1.29, 1.82) is 0 Å². The zero-order chi connectivity index (χ0) is 10.9. The summed E-state index contributed by atoms with van der Waals surface area (Å²) in [5.41, 5.74) is -0.404. The van der Waals surface area contributed by atoms with Crippen molar-refractivity contribution in [3.05, 3.63) is 22.1 Å². The first-order chi connectivity index (χ1) is 6.49. The van der Waals surface area contributed by atoms with Gasteiger partial charge in [0, 0.05) is 0 Å². The van der Waals surface area contributed by atoms with Gasteiger partial charge in [-0.05, 0) is 6.92 Å². The number of aromatic carboxylic acids is 1. The van der Waals surface area contributed by atoms with Crippen LogP contribution in [-0.2, 0) is 0 Å². The van der Waals surface area contributed by atoms with E-state index >= 15 is 0 Å². The highest BCUT2D eigenvalue weighted by Gasteiger charge is 2.22. The Kier molecular flexibility index (Phi) is 2.90. The van der Waals surface area contributed by atoms with Crippen molar-refractivity contribution in [2.75, 3.05) is 7.11 Å². The Balaban J connectivity index is 3.53. The van der Waals surface area contributed by atoms with Crippen molar-refractivity contribution in [2.45, 2.75) is 6.92 Å². The Morgan fingerprint density at radius 1 is 1.64 bits per heavy atom. The summed E-state index contributed by atoms with van der Waals surface area (Å²) in [6.07, 6.45) is 0. The fourth-order valence-corrected chi connectivity index (χ4v) is 1.16. The van der Waals surface area contributed by atoms with Crippen LogP contribution in [0.15, 0.2) is 0 Å². The topological polar surface area (TPSA) is 59.4 Å². The molecule has 0 saturated carbocycles. The van der Waals surface area contributed by atoms with Crippen molar-refractivity contribution >= 4 is 17.6 Å². The second-order valence-corrected chi connectivity index (χ2v) is 2.89. The van der Waals surface area contributed by atoms with Crippen molar-refractivity contribution in [3.63, 3.8) is 0 Å². The molecular formula is C8H7ClFNO3. The number of nitrogens with zero attached hydrogens (tertiary/aromatic N) is 1. The average molecular weight is 220 g/mol. The Bertz CT molecular complexity index is 395. The predicted octanol–water partition coefficient (Wildman–Crippen LogP) is 1.89. The predicted molar refractivity (Wildman–Crippen MR) is 47.5 cm³/mol. The van der Waals surface area contributed by atoms with Gasteiger partial charge in [-0.2, -0.15) is 4.39 Å². The number of methoxy groups -OCH3 is 1. The SMILES string of the molecule is COc1nc(C)c(Cl)c(C(=O)O)c1F. The van der Waals surface area contributed by atoms with E-state index in [1.54, 1.807) is 0 Å². The van der Waals surface area contributed by atoms with Gasteiger partial charge in [0.2, 0.25) is 5.82 Å². The van der Waals surface area contributed by atoms with Crippen LogP contribution in [0.5, 0.6) is 5.88 Å². The molecule has 4 nitrogen and oxygen atoms in total. The zero-order valence-corrected chi connectivity index (χ0v) is 8.22. The molecule has 0 aliphatic heterocycles. The summed E-state index contributed by atoms with van der Waals surface area (Å²) in [7, 11) is 1.20. The van der Waals surface area contributed by atoms with Crippen LogP contribution in [-0.4, -0.2) is 23.2 Å². The average Bonchev–Trinajstić information content (AvgIpc) is 2.11. The van der Waals surface area contributed by atoms with E-state index in [0.29, 0.717) is 0 Å². The summed E-state index contributed by atoms with van der Waals surface area (Å²) >= 11 is 5.58. The van der Waals surface area contributed by atoms with Gasteiger partial charge in [0.05, 0.1) is 17.8 Å². The van der Waals surface area contributed by atoms with E-state index < -0.39 is 17.3 Å². The number of aromatic nitrogens is 1. The highest BCUT2D eigenvalue weighted by Crippen LogP contribution is 2.27. The molecule has 6 heteroatoms. The molecule has 0 spiro atoms. The van der Waals surface area contributed by atoms with Crippen molar-refractivity contribution in [1.82, 2.24) is 4.98 Å². The van der Waals surface area contributed by atoms with Gasteiger partial charge in [-0.1, -0.05) is 11.6 Å². The smallest absolute Gasteiger partial charge is 0.340 e. The van der Waals surface area contributed by atoms with E-state index in [0.717, 1.165) is 0 Å². The van der Waals surface area contributed by atoms with Crippen molar-refractivity contribution < 1.29 is 19.0 Å². The van der Waals surface area contributed by atoms with Crippen LogP contribution < -0.4 is 4.74 Å². The van der Waals surface area contributed by atoms with E-state index in [4.69, 9.17) is 16.7 Å². The molecule has 0 saturated heterocycles. The number of carboxylic acids is 1. The summed E-state index contributed by atoms with van der Waals surface area (Å²) in [4.78, 5) is 14.3. The van der Waals surface area contributed by atoms with Crippen LogP contribution in [0.2, 0.25) is 5.02 Å². The molecule has 0 bridgehead atoms. The van der Waals surface area contributed by atoms with Crippen LogP contribution in [0.3, 0.4) is 0 Å². The molecule has 0 aliphatic rings. The Morgan fingerprint density at radius 3 is 2.64 bits per heavy atom. The minimum Gasteiger partial charge on any atom is -0.479 e. The molecule has 0 aliphatic carbocycles. The van der Waals surface area contributed by atoms with Gasteiger partial charge in [-0.15, -0.1) is 0 Å². The Labute approximate surface area is 84.3 Å². The first kappa shape index (κ1) is 10.7. The van der Waals surface area contributed by atoms with Crippen LogP contribution >= 0.6 is 11.6 Å². The van der Waals surface area contributed by atoms with Gasteiger partial charge < -0.3 is 9.84 Å². The lowest BCUT2D eigenvalue weighted by Crippen LogP contribution is -2.07. The first-order valence-corrected chi connectivity index (χ1v) is 3.99. The normalized spacial score (nSPS) is 10.0. The van der Waals surface area contributed by atoms with E-state index in [-0.39, 0.29) is 16.6 Å². The third kappa shape index (κ3) is 1.63. The quantitative estimate of drug-likeness (QED) is 0.825. The molecule has 1 aromatic heterocycles. The Morgan fingerprint density at radius 2 is 2.21 bits per heavy atom. The van der Waals surface area contributed by atoms with Crippen LogP contribution in [0.1, 0.15) is 16.1 Å². The van der Waals surface area contributed by atoms with Crippen molar-refractivity contribution in [3.8, 4) is 5.88 Å². The molecule has 0 atom stereocenters. The number of hydrogen-bond acceptors (Lipinski definition) is 3. The van der Waals surface area contributed by atoms with Crippen molar-refractivity contribution in [2.24, 2.45) is 0 Å². The Hall–Kier alpha value is -1.36. The number of hydrogen-bond donors (Lipinski definition) is 1. The lowest BCUT2D eigenvalue weighted by molar-refractivity contribution is 0.0690. The summed E-state index contributed by atoms with van der Waals surface area (Å²) in [6, 6.07) is 0. The molecule has 1 rings (SSSR count). The highest BCUT2D eigenvalue weighted by atomic mass is 35.5. The number of carboxylic acid groups (broad SMARTS) is 1. The first-order valence-electron chi connectivity index (χ1n) is 3.62. The zero-order valence-electron chi connectivity index (χ0n) is 7.47. The molecule has 76 valence electrons. The van der Waals surface area contributed by atoms with Gasteiger partial charge in [0.25, 0.3) is 5.88 Å². The molecule has 1 N–H and O–H groups in total. The number of rotatable bonds is 2. The molecule has 14 heavy (non-hydrogen) atoms. The standard InChI is InChI=1S/C8H7ClFNO3/c1-3-5(9)4(8(12)13)6(10)7(11-3)14-2/h1-2H3,(H,12,13). The fourth-order valence-electron chi connectivity index (χ4n) is 0.958. The fraction of sp³-hybridized carbons (Fsp3) is 0.250. The van der Waals surface area contributed by atoms with Gasteiger partial charge in [0.1, 0.15) is 5.56 Å².